The first-order valence-electron chi connectivity index (χ1n) is 8.26. The summed E-state index contributed by atoms with van der Waals surface area (Å²) in [5.74, 6) is 0.944. The van der Waals surface area contributed by atoms with Crippen LogP contribution < -0.4 is 4.74 Å². The van der Waals surface area contributed by atoms with Gasteiger partial charge in [-0.3, -0.25) is 18.8 Å². The molecule has 0 spiro atoms. The van der Waals surface area contributed by atoms with E-state index >= 15 is 0 Å². The van der Waals surface area contributed by atoms with Gasteiger partial charge in [-0.25, -0.2) is 0 Å². The van der Waals surface area contributed by atoms with Crippen LogP contribution in [0.15, 0.2) is 78.9 Å². The van der Waals surface area contributed by atoms with Gasteiger partial charge >= 0.3 is 0 Å². The van der Waals surface area contributed by atoms with Crippen molar-refractivity contribution >= 4 is 8.41 Å². The lowest BCUT2D eigenvalue weighted by molar-refractivity contribution is 0.309. The molecule has 28 heavy (non-hydrogen) atoms. The molecular weight excluding hydrogens is 367 g/mol. The molecule has 0 N–H and O–H groups in total. The van der Waals surface area contributed by atoms with E-state index in [-0.39, 0.29) is 27.2 Å². The van der Waals surface area contributed by atoms with E-state index in [1.807, 2.05) is 0 Å². The highest BCUT2D eigenvalue weighted by atomic mass is 19.0. The average Bonchev–Trinajstić information content (AvgIpc) is 2.63. The molecule has 0 saturated carbocycles. The first-order chi connectivity index (χ1) is 11.4. The molecule has 0 saturated heterocycles. The molecule has 3 rings (SSSR count). The Labute approximate surface area is 165 Å². The van der Waals surface area contributed by atoms with E-state index in [4.69, 9.17) is 4.74 Å². The van der Waals surface area contributed by atoms with Crippen LogP contribution in [-0.2, 0) is 0 Å². The van der Waals surface area contributed by atoms with Crippen molar-refractivity contribution in [2.75, 3.05) is 6.61 Å². The van der Waals surface area contributed by atoms with Crippen molar-refractivity contribution in [3.63, 3.8) is 0 Å². The van der Waals surface area contributed by atoms with Gasteiger partial charge in [0.25, 0.3) is 0 Å². The van der Waals surface area contributed by atoms with Crippen molar-refractivity contribution in [1.29, 1.82) is 0 Å². The summed E-state index contributed by atoms with van der Waals surface area (Å²) in [5, 5.41) is 0. The minimum atomic E-state index is 0. The Morgan fingerprint density at radius 3 is 1.57 bits per heavy atom. The van der Waals surface area contributed by atoms with Gasteiger partial charge in [0.2, 0.25) is 0 Å². The van der Waals surface area contributed by atoms with Crippen LogP contribution in [0, 0.1) is 0 Å². The first-order valence-corrected chi connectivity index (χ1v) is 8.26. The van der Waals surface area contributed by atoms with Gasteiger partial charge < -0.3 is 4.74 Å². The molecule has 154 valence electrons. The van der Waals surface area contributed by atoms with Crippen LogP contribution in [0.25, 0.3) is 22.3 Å². The van der Waals surface area contributed by atoms with E-state index in [0.717, 1.165) is 25.2 Å². The molecule has 0 radical (unpaired) electrons. The molecule has 0 amide bonds. The van der Waals surface area contributed by atoms with Gasteiger partial charge in [-0.2, -0.15) is 0 Å². The molecule has 0 heterocycles. The van der Waals surface area contributed by atoms with Crippen LogP contribution in [0.4, 0.5) is 18.8 Å². The Morgan fingerprint density at radius 1 is 0.607 bits per heavy atom. The van der Waals surface area contributed by atoms with Gasteiger partial charge in [0.1, 0.15) is 5.75 Å². The molecule has 1 nitrogen and oxygen atoms in total. The summed E-state index contributed by atoms with van der Waals surface area (Å²) in [6.45, 7) is 2.96. The van der Waals surface area contributed by atoms with E-state index in [1.54, 1.807) is 0 Å². The molecule has 3 aromatic rings. The van der Waals surface area contributed by atoms with Crippen molar-refractivity contribution in [2.24, 2.45) is 0 Å². The minimum Gasteiger partial charge on any atom is -0.494 e. The largest absolute Gasteiger partial charge is 0.494 e. The van der Waals surface area contributed by atoms with E-state index in [9.17, 15) is 0 Å². The minimum absolute atomic E-state index is 0. The Morgan fingerprint density at radius 2 is 1.07 bits per heavy atom. The van der Waals surface area contributed by atoms with Gasteiger partial charge in [0.05, 0.1) is 15.0 Å². The van der Waals surface area contributed by atoms with Crippen LogP contribution in [0.2, 0.25) is 0 Å². The zero-order valence-electron chi connectivity index (χ0n) is 15.2. The highest BCUT2D eigenvalue weighted by molar-refractivity contribution is 5.83. The van der Waals surface area contributed by atoms with E-state index in [2.05, 4.69) is 85.8 Å². The summed E-state index contributed by atoms with van der Waals surface area (Å²) >= 11 is 0. The summed E-state index contributed by atoms with van der Waals surface area (Å²) in [7, 11) is 0. The van der Waals surface area contributed by atoms with Gasteiger partial charge in [0.15, 0.2) is 0 Å². The van der Waals surface area contributed by atoms with E-state index < -0.39 is 0 Å². The monoisotopic (exact) mass is 396 g/mol. The molecule has 0 aliphatic carbocycles. The van der Waals surface area contributed by atoms with E-state index in [0.29, 0.717) is 0 Å². The summed E-state index contributed by atoms with van der Waals surface area (Å²) in [5.41, 5.74) is 4.96. The van der Waals surface area contributed by atoms with Crippen LogP contribution in [-0.4, -0.2) is 15.0 Å². The molecule has 0 aliphatic heterocycles. The second-order valence-electron chi connectivity index (χ2n) is 5.64. The fourth-order valence-electron chi connectivity index (χ4n) is 2.67. The van der Waals surface area contributed by atoms with E-state index in [1.165, 1.54) is 22.3 Å². The van der Waals surface area contributed by atoms with Crippen LogP contribution in [0.1, 0.15) is 19.8 Å². The summed E-state index contributed by atoms with van der Waals surface area (Å²) in [4.78, 5) is 0. The second kappa shape index (κ2) is 15.3. The molecule has 3 aromatic carbocycles. The standard InChI is InChI=1S/C22H22O.BH3.4FH/c1-2-3-17-23-20-15-13-19(14-16-20)22-12-8-7-11-21(22)18-9-5-4-6-10-18;;;;;/h4-16H,2-3,17H2,1H3;1H3;4*1H. The van der Waals surface area contributed by atoms with Gasteiger partial charge in [-0.05, 0) is 40.8 Å². The summed E-state index contributed by atoms with van der Waals surface area (Å²) in [6.07, 6.45) is 2.25. The molecule has 0 atom stereocenters. The summed E-state index contributed by atoms with van der Waals surface area (Å²) in [6, 6.07) is 27.5. The number of benzene rings is 3. The first kappa shape index (κ1) is 30.0. The highest BCUT2D eigenvalue weighted by Crippen LogP contribution is 2.32. The molecule has 0 aromatic heterocycles. The lowest BCUT2D eigenvalue weighted by Crippen LogP contribution is -1.96. The second-order valence-corrected chi connectivity index (χ2v) is 5.64. The predicted octanol–water partition coefficient (Wildman–Crippen LogP) is 5.63. The van der Waals surface area contributed by atoms with Crippen LogP contribution in [0.5, 0.6) is 5.75 Å². The van der Waals surface area contributed by atoms with Crippen LogP contribution in [0.3, 0.4) is 0 Å². The highest BCUT2D eigenvalue weighted by Gasteiger charge is 2.06. The predicted molar refractivity (Wildman–Crippen MR) is 118 cm³/mol. The van der Waals surface area contributed by atoms with Crippen molar-refractivity contribution in [3.8, 4) is 28.0 Å². The zero-order chi connectivity index (χ0) is 15.9. The van der Waals surface area contributed by atoms with Gasteiger partial charge in [-0.1, -0.05) is 80.1 Å². The van der Waals surface area contributed by atoms with Gasteiger partial charge in [0, 0.05) is 0 Å². The summed E-state index contributed by atoms with van der Waals surface area (Å²) < 4.78 is 5.75. The normalized spacial score (nSPS) is 8.61. The Balaban J connectivity index is -0.00000125. The number of halogens is 4. The number of ether oxygens (including phenoxy) is 1. The van der Waals surface area contributed by atoms with Gasteiger partial charge in [-0.15, -0.1) is 0 Å². The molecule has 0 unspecified atom stereocenters. The number of rotatable bonds is 6. The average molecular weight is 396 g/mol. The Bertz CT molecular complexity index is 752. The molecule has 0 bridgehead atoms. The Kier molecular flexibility index (Phi) is 16.4. The lowest BCUT2D eigenvalue weighted by atomic mass is 9.95. The Hall–Kier alpha value is -2.76. The lowest BCUT2D eigenvalue weighted by Gasteiger charge is -2.11. The molecule has 0 aliphatic rings. The third-order valence-electron chi connectivity index (χ3n) is 3.94. The maximum Gasteiger partial charge on any atom is 0.119 e. The third-order valence-corrected chi connectivity index (χ3v) is 3.94. The molecule has 6 heteroatoms. The quantitative estimate of drug-likeness (QED) is 0.298. The zero-order valence-corrected chi connectivity index (χ0v) is 15.2. The van der Waals surface area contributed by atoms with Crippen molar-refractivity contribution in [2.45, 2.75) is 19.8 Å². The van der Waals surface area contributed by atoms with Crippen molar-refractivity contribution in [3.05, 3.63) is 78.9 Å². The fraction of sp³-hybridized carbons (Fsp3) is 0.182. The third kappa shape index (κ3) is 7.47. The SMILES string of the molecule is B.CCCCOc1ccc(-c2ccccc2-c2ccccc2)cc1.F.F.F.F. The topological polar surface area (TPSA) is 9.23 Å². The number of hydrogen-bond acceptors (Lipinski definition) is 1. The smallest absolute Gasteiger partial charge is 0.119 e. The van der Waals surface area contributed by atoms with Crippen molar-refractivity contribution < 1.29 is 23.6 Å². The number of hydrogen-bond donors (Lipinski definition) is 0. The maximum absolute atomic E-state index is 5.75. The fourth-order valence-corrected chi connectivity index (χ4v) is 2.67. The molecule has 0 fully saturated rings. The van der Waals surface area contributed by atoms with Crippen molar-refractivity contribution in [1.82, 2.24) is 0 Å². The molecular formula is C22H29BF4O. The van der Waals surface area contributed by atoms with Crippen LogP contribution >= 0.6 is 0 Å². The number of unbranched alkanes of at least 4 members (excludes halogenated alkanes) is 1. The maximum atomic E-state index is 5.75.